The fraction of sp³-hybridized carbons (Fsp3) is 0.355. The van der Waals surface area contributed by atoms with Crippen molar-refractivity contribution in [3.05, 3.63) is 95.8 Å². The third-order valence-corrected chi connectivity index (χ3v) is 8.68. The average Bonchev–Trinajstić information content (AvgIpc) is 2.96. The zero-order valence-electron chi connectivity index (χ0n) is 23.5. The number of anilines is 1. The maximum Gasteiger partial charge on any atom is 0.264 e. The maximum atomic E-state index is 14.1. The second-order valence-electron chi connectivity index (χ2n) is 9.70. The first kappa shape index (κ1) is 30.8. The smallest absolute Gasteiger partial charge is 0.264 e. The zero-order valence-corrected chi connectivity index (χ0v) is 24.3. The summed E-state index contributed by atoms with van der Waals surface area (Å²) in [5.41, 5.74) is 1.79. The number of carbonyl (C=O) groups excluding carboxylic acids is 2. The summed E-state index contributed by atoms with van der Waals surface area (Å²) in [5.74, 6) is -1.28. The summed E-state index contributed by atoms with van der Waals surface area (Å²) >= 11 is 0. The van der Waals surface area contributed by atoms with Crippen molar-refractivity contribution in [2.24, 2.45) is 0 Å². The molecule has 0 aliphatic carbocycles. The molecule has 3 rings (SSSR count). The van der Waals surface area contributed by atoms with E-state index in [2.05, 4.69) is 5.32 Å². The topological polar surface area (TPSA) is 86.8 Å². The Labute approximate surface area is 237 Å². The Bertz CT molecular complexity index is 1380. The SMILES string of the molecule is CCc1ccccc1N(CC(=O)N(Cc1ccc(F)cc1)C(CC)C(=O)NC(C)CC)S(=O)(=O)c1ccccc1. The number of benzene rings is 3. The number of amides is 2. The summed E-state index contributed by atoms with van der Waals surface area (Å²) in [7, 11) is -4.13. The molecule has 0 fully saturated rings. The first-order valence-corrected chi connectivity index (χ1v) is 15.1. The molecule has 214 valence electrons. The number of hydrogen-bond donors (Lipinski definition) is 1. The summed E-state index contributed by atoms with van der Waals surface area (Å²) in [4.78, 5) is 28.9. The van der Waals surface area contributed by atoms with E-state index in [9.17, 15) is 22.4 Å². The molecule has 0 saturated carbocycles. The van der Waals surface area contributed by atoms with Gasteiger partial charge in [0, 0.05) is 12.6 Å². The van der Waals surface area contributed by atoms with Crippen LogP contribution in [0, 0.1) is 5.82 Å². The number of nitrogens with zero attached hydrogens (tertiary/aromatic N) is 2. The van der Waals surface area contributed by atoms with E-state index in [0.29, 0.717) is 30.5 Å². The fourth-order valence-corrected chi connectivity index (χ4v) is 5.91. The summed E-state index contributed by atoms with van der Waals surface area (Å²) in [6.07, 6.45) is 1.58. The van der Waals surface area contributed by atoms with Crippen molar-refractivity contribution in [1.82, 2.24) is 10.2 Å². The fourth-order valence-electron chi connectivity index (χ4n) is 4.43. The molecule has 40 heavy (non-hydrogen) atoms. The van der Waals surface area contributed by atoms with Gasteiger partial charge in [-0.3, -0.25) is 13.9 Å². The largest absolute Gasteiger partial charge is 0.352 e. The van der Waals surface area contributed by atoms with Crippen LogP contribution in [0.3, 0.4) is 0 Å². The number of para-hydroxylation sites is 1. The van der Waals surface area contributed by atoms with E-state index in [-0.39, 0.29) is 23.4 Å². The Morgan fingerprint density at radius 2 is 1.50 bits per heavy atom. The van der Waals surface area contributed by atoms with Crippen LogP contribution in [0.25, 0.3) is 0 Å². The molecule has 3 aromatic carbocycles. The quantitative estimate of drug-likeness (QED) is 0.304. The minimum atomic E-state index is -4.13. The number of carbonyl (C=O) groups is 2. The Balaban J connectivity index is 2.08. The summed E-state index contributed by atoms with van der Waals surface area (Å²) in [6, 6.07) is 19.8. The highest BCUT2D eigenvalue weighted by molar-refractivity contribution is 7.92. The van der Waals surface area contributed by atoms with Gasteiger partial charge in [-0.15, -0.1) is 0 Å². The number of hydrogen-bond acceptors (Lipinski definition) is 4. The Hall–Kier alpha value is -3.72. The van der Waals surface area contributed by atoms with E-state index in [1.165, 1.54) is 29.2 Å². The van der Waals surface area contributed by atoms with Crippen molar-refractivity contribution in [2.45, 2.75) is 70.5 Å². The molecule has 1 N–H and O–H groups in total. The molecule has 9 heteroatoms. The summed E-state index contributed by atoms with van der Waals surface area (Å²) < 4.78 is 42.6. The van der Waals surface area contributed by atoms with Gasteiger partial charge in [0.25, 0.3) is 10.0 Å². The predicted octanol–water partition coefficient (Wildman–Crippen LogP) is 5.31. The van der Waals surface area contributed by atoms with Crippen molar-refractivity contribution in [2.75, 3.05) is 10.8 Å². The first-order chi connectivity index (χ1) is 19.1. The van der Waals surface area contributed by atoms with E-state index in [0.717, 1.165) is 9.87 Å². The highest BCUT2D eigenvalue weighted by atomic mass is 32.2. The van der Waals surface area contributed by atoms with Crippen molar-refractivity contribution in [3.8, 4) is 0 Å². The molecule has 2 unspecified atom stereocenters. The molecule has 3 aromatic rings. The monoisotopic (exact) mass is 567 g/mol. The lowest BCUT2D eigenvalue weighted by molar-refractivity contribution is -0.140. The normalized spacial score (nSPS) is 12.8. The van der Waals surface area contributed by atoms with Gasteiger partial charge in [-0.05, 0) is 67.6 Å². The molecule has 0 aliphatic rings. The molecule has 0 spiro atoms. The molecule has 0 aromatic heterocycles. The number of aryl methyl sites for hydroxylation is 1. The molecule has 0 heterocycles. The number of rotatable bonds is 13. The molecule has 7 nitrogen and oxygen atoms in total. The van der Waals surface area contributed by atoms with Crippen LogP contribution in [-0.2, 0) is 32.6 Å². The second-order valence-corrected chi connectivity index (χ2v) is 11.6. The van der Waals surface area contributed by atoms with E-state index >= 15 is 0 Å². The highest BCUT2D eigenvalue weighted by Crippen LogP contribution is 2.28. The van der Waals surface area contributed by atoms with Crippen LogP contribution >= 0.6 is 0 Å². The molecule has 0 saturated heterocycles. The van der Waals surface area contributed by atoms with Gasteiger partial charge in [0.2, 0.25) is 11.8 Å². The Morgan fingerprint density at radius 1 is 0.875 bits per heavy atom. The van der Waals surface area contributed by atoms with Gasteiger partial charge in [-0.25, -0.2) is 12.8 Å². The number of halogens is 1. The lowest BCUT2D eigenvalue weighted by Crippen LogP contribution is -2.53. The lowest BCUT2D eigenvalue weighted by atomic mass is 10.1. The van der Waals surface area contributed by atoms with E-state index in [1.54, 1.807) is 49.4 Å². The third-order valence-electron chi connectivity index (χ3n) is 6.90. The molecular weight excluding hydrogens is 529 g/mol. The summed E-state index contributed by atoms with van der Waals surface area (Å²) in [5, 5.41) is 2.95. The van der Waals surface area contributed by atoms with Gasteiger partial charge in [-0.2, -0.15) is 0 Å². The molecule has 0 bridgehead atoms. The maximum absolute atomic E-state index is 14.1. The van der Waals surface area contributed by atoms with Crippen LogP contribution in [0.2, 0.25) is 0 Å². The van der Waals surface area contributed by atoms with Gasteiger partial charge in [-0.1, -0.05) is 69.3 Å². The van der Waals surface area contributed by atoms with Crippen LogP contribution in [0.4, 0.5) is 10.1 Å². The van der Waals surface area contributed by atoms with Gasteiger partial charge in [0.1, 0.15) is 18.4 Å². The van der Waals surface area contributed by atoms with Gasteiger partial charge < -0.3 is 10.2 Å². The van der Waals surface area contributed by atoms with Gasteiger partial charge in [0.05, 0.1) is 10.6 Å². The molecule has 2 amide bonds. The van der Waals surface area contributed by atoms with Crippen molar-refractivity contribution >= 4 is 27.5 Å². The van der Waals surface area contributed by atoms with Gasteiger partial charge >= 0.3 is 0 Å². The minimum Gasteiger partial charge on any atom is -0.352 e. The Kier molecular flexibility index (Phi) is 10.8. The van der Waals surface area contributed by atoms with Crippen LogP contribution in [0.15, 0.2) is 83.8 Å². The number of sulfonamides is 1. The molecule has 0 aliphatic heterocycles. The summed E-state index contributed by atoms with van der Waals surface area (Å²) in [6.45, 7) is 7.05. The average molecular weight is 568 g/mol. The van der Waals surface area contributed by atoms with E-state index in [1.807, 2.05) is 32.9 Å². The number of nitrogens with one attached hydrogen (secondary N) is 1. The lowest BCUT2D eigenvalue weighted by Gasteiger charge is -2.34. The standard InChI is InChI=1S/C31H38FN3O4S/c1-5-23(4)33-31(37)28(7-3)34(21-24-17-19-26(32)20-18-24)30(36)22-35(29-16-12-11-13-25(29)6-2)40(38,39)27-14-9-8-10-15-27/h8-20,23,28H,5-7,21-22H2,1-4H3,(H,33,37). The van der Waals surface area contributed by atoms with Crippen LogP contribution in [0.1, 0.15) is 51.7 Å². The minimum absolute atomic E-state index is 0.0141. The first-order valence-electron chi connectivity index (χ1n) is 13.6. The molecule has 2 atom stereocenters. The van der Waals surface area contributed by atoms with Crippen molar-refractivity contribution in [3.63, 3.8) is 0 Å². The van der Waals surface area contributed by atoms with Crippen molar-refractivity contribution in [1.29, 1.82) is 0 Å². The van der Waals surface area contributed by atoms with Crippen LogP contribution in [0.5, 0.6) is 0 Å². The van der Waals surface area contributed by atoms with E-state index in [4.69, 9.17) is 0 Å². The third kappa shape index (κ3) is 7.47. The zero-order chi connectivity index (χ0) is 29.3. The van der Waals surface area contributed by atoms with Crippen molar-refractivity contribution < 1.29 is 22.4 Å². The molecule has 0 radical (unpaired) electrons. The second kappa shape index (κ2) is 14.1. The van der Waals surface area contributed by atoms with Crippen LogP contribution < -0.4 is 9.62 Å². The van der Waals surface area contributed by atoms with Gasteiger partial charge in [0.15, 0.2) is 0 Å². The highest BCUT2D eigenvalue weighted by Gasteiger charge is 2.34. The predicted molar refractivity (Wildman–Crippen MR) is 156 cm³/mol. The Morgan fingerprint density at radius 3 is 2.10 bits per heavy atom. The van der Waals surface area contributed by atoms with Crippen LogP contribution in [-0.4, -0.2) is 43.8 Å². The van der Waals surface area contributed by atoms with E-state index < -0.39 is 34.3 Å². The molecular formula is C31H38FN3O4S.